The molecule has 1 N–H and O–H groups in total. The molecule has 1 aromatic heterocycles. The maximum Gasteiger partial charge on any atom is 0.317 e. The Morgan fingerprint density at radius 2 is 2.26 bits per heavy atom. The van der Waals surface area contributed by atoms with Crippen LogP contribution < -0.4 is 0 Å². The lowest BCUT2D eigenvalue weighted by atomic mass is 10.1. The van der Waals surface area contributed by atoms with Crippen molar-refractivity contribution in [1.29, 1.82) is 0 Å². The summed E-state index contributed by atoms with van der Waals surface area (Å²) >= 11 is 1.74. The zero-order valence-corrected chi connectivity index (χ0v) is 11.8. The molecule has 0 aliphatic carbocycles. The predicted molar refractivity (Wildman–Crippen MR) is 73.2 cm³/mol. The Hall–Kier alpha value is -1.40. The van der Waals surface area contributed by atoms with Crippen LogP contribution in [-0.4, -0.2) is 53.0 Å². The number of carbonyl (C=O) groups excluding carboxylic acids is 1. The normalized spacial score (nSPS) is 14.5. The zero-order chi connectivity index (χ0) is 13.8. The highest BCUT2D eigenvalue weighted by Gasteiger charge is 2.23. The van der Waals surface area contributed by atoms with Crippen LogP contribution in [0, 0.1) is 0 Å². The van der Waals surface area contributed by atoms with Gasteiger partial charge in [-0.25, -0.2) is 0 Å². The molecule has 0 radical (unpaired) electrons. The third-order valence-electron chi connectivity index (χ3n) is 3.33. The quantitative estimate of drug-likeness (QED) is 0.876. The number of amides is 1. The van der Waals surface area contributed by atoms with E-state index in [1.165, 1.54) is 10.4 Å². The summed E-state index contributed by atoms with van der Waals surface area (Å²) in [6.07, 6.45) is 0.907. The van der Waals surface area contributed by atoms with Crippen molar-refractivity contribution in [2.75, 3.05) is 26.2 Å². The molecule has 19 heavy (non-hydrogen) atoms. The number of hydrogen-bond acceptors (Lipinski definition) is 4. The van der Waals surface area contributed by atoms with Crippen LogP contribution in [0.15, 0.2) is 11.4 Å². The highest BCUT2D eigenvalue weighted by molar-refractivity contribution is 7.10. The molecule has 0 saturated carbocycles. The number of nitrogens with zero attached hydrogens (tertiary/aromatic N) is 2. The molecule has 0 fully saturated rings. The fourth-order valence-electron chi connectivity index (χ4n) is 2.22. The molecule has 0 aromatic carbocycles. The van der Waals surface area contributed by atoms with Crippen molar-refractivity contribution in [2.45, 2.75) is 19.9 Å². The summed E-state index contributed by atoms with van der Waals surface area (Å²) < 4.78 is 0. The fourth-order valence-corrected chi connectivity index (χ4v) is 3.11. The summed E-state index contributed by atoms with van der Waals surface area (Å²) in [6, 6.07) is 2.06. The molecule has 0 atom stereocenters. The number of rotatable bonds is 5. The Morgan fingerprint density at radius 1 is 1.47 bits per heavy atom. The minimum Gasteiger partial charge on any atom is -0.480 e. The van der Waals surface area contributed by atoms with Crippen LogP contribution in [0.5, 0.6) is 0 Å². The molecule has 1 aromatic rings. The van der Waals surface area contributed by atoms with E-state index in [2.05, 4.69) is 11.4 Å². The minimum absolute atomic E-state index is 0.0138. The van der Waals surface area contributed by atoms with Gasteiger partial charge in [0.05, 0.1) is 13.1 Å². The number of likely N-dealkylation sites (N-methyl/N-ethyl adjacent to an activating group) is 1. The van der Waals surface area contributed by atoms with Gasteiger partial charge in [0.25, 0.3) is 0 Å². The van der Waals surface area contributed by atoms with Crippen molar-refractivity contribution in [3.05, 3.63) is 21.9 Å². The van der Waals surface area contributed by atoms with E-state index in [1.807, 2.05) is 11.8 Å². The molecule has 1 aliphatic heterocycles. The van der Waals surface area contributed by atoms with Gasteiger partial charge in [-0.2, -0.15) is 0 Å². The first-order valence-corrected chi connectivity index (χ1v) is 7.25. The molecule has 2 heterocycles. The van der Waals surface area contributed by atoms with Crippen LogP contribution in [0.25, 0.3) is 0 Å². The molecule has 1 amide bonds. The number of aliphatic carboxylic acids is 1. The smallest absolute Gasteiger partial charge is 0.317 e. The summed E-state index contributed by atoms with van der Waals surface area (Å²) in [7, 11) is 0. The molecule has 0 bridgehead atoms. The van der Waals surface area contributed by atoms with Crippen molar-refractivity contribution < 1.29 is 14.7 Å². The van der Waals surface area contributed by atoms with E-state index in [0.29, 0.717) is 13.1 Å². The lowest BCUT2D eigenvalue weighted by Gasteiger charge is -2.29. The van der Waals surface area contributed by atoms with E-state index in [9.17, 15) is 9.59 Å². The van der Waals surface area contributed by atoms with Gasteiger partial charge < -0.3 is 10.0 Å². The molecule has 0 spiro atoms. The van der Waals surface area contributed by atoms with Crippen LogP contribution in [-0.2, 0) is 22.6 Å². The zero-order valence-electron chi connectivity index (χ0n) is 11.0. The Morgan fingerprint density at radius 3 is 2.95 bits per heavy atom. The third-order valence-corrected chi connectivity index (χ3v) is 4.35. The van der Waals surface area contributed by atoms with Crippen LogP contribution in [0.2, 0.25) is 0 Å². The lowest BCUT2D eigenvalue weighted by Crippen LogP contribution is -2.43. The standard InChI is InChI=1S/C13H18N2O3S/c1-2-14(9-13(17)18)8-12(16)15-5-3-11-10(7-15)4-6-19-11/h4,6H,2-3,5,7-9H2,1H3,(H,17,18). The molecule has 2 rings (SSSR count). The number of fused-ring (bicyclic) bond motifs is 1. The molecule has 6 heteroatoms. The van der Waals surface area contributed by atoms with E-state index < -0.39 is 5.97 Å². The number of carboxylic acids is 1. The Labute approximate surface area is 116 Å². The Kier molecular flexibility index (Phi) is 4.55. The van der Waals surface area contributed by atoms with Gasteiger partial charge in [0, 0.05) is 18.0 Å². The maximum absolute atomic E-state index is 12.2. The molecular weight excluding hydrogens is 264 g/mol. The number of carboxylic acid groups (broad SMARTS) is 1. The highest BCUT2D eigenvalue weighted by atomic mass is 32.1. The second-order valence-corrected chi connectivity index (χ2v) is 5.63. The third kappa shape index (κ3) is 3.54. The van der Waals surface area contributed by atoms with Crippen molar-refractivity contribution in [2.24, 2.45) is 0 Å². The largest absolute Gasteiger partial charge is 0.480 e. The van der Waals surface area contributed by atoms with Gasteiger partial charge in [0.2, 0.25) is 5.91 Å². The van der Waals surface area contributed by atoms with Gasteiger partial charge in [-0.3, -0.25) is 14.5 Å². The topological polar surface area (TPSA) is 60.9 Å². The average molecular weight is 282 g/mol. The molecule has 104 valence electrons. The van der Waals surface area contributed by atoms with Crippen molar-refractivity contribution >= 4 is 23.2 Å². The van der Waals surface area contributed by atoms with E-state index in [-0.39, 0.29) is 19.0 Å². The predicted octanol–water partition coefficient (Wildman–Crippen LogP) is 1.04. The summed E-state index contributed by atoms with van der Waals surface area (Å²) in [4.78, 5) is 27.7. The van der Waals surface area contributed by atoms with Gasteiger partial charge in [-0.15, -0.1) is 11.3 Å². The van der Waals surface area contributed by atoms with E-state index in [1.54, 1.807) is 16.2 Å². The second kappa shape index (κ2) is 6.16. The van der Waals surface area contributed by atoms with Crippen molar-refractivity contribution in [3.63, 3.8) is 0 Å². The van der Waals surface area contributed by atoms with Gasteiger partial charge in [0.1, 0.15) is 0 Å². The summed E-state index contributed by atoms with van der Waals surface area (Å²) in [5, 5.41) is 10.8. The van der Waals surface area contributed by atoms with Crippen molar-refractivity contribution in [1.82, 2.24) is 9.80 Å². The first-order chi connectivity index (χ1) is 9.10. The lowest BCUT2D eigenvalue weighted by molar-refractivity contribution is -0.139. The van der Waals surface area contributed by atoms with Gasteiger partial charge >= 0.3 is 5.97 Å². The first-order valence-electron chi connectivity index (χ1n) is 6.37. The highest BCUT2D eigenvalue weighted by Crippen LogP contribution is 2.23. The van der Waals surface area contributed by atoms with E-state index >= 15 is 0 Å². The van der Waals surface area contributed by atoms with E-state index in [4.69, 9.17) is 5.11 Å². The average Bonchev–Trinajstić information content (AvgIpc) is 2.84. The number of carbonyl (C=O) groups is 2. The van der Waals surface area contributed by atoms with Crippen LogP contribution >= 0.6 is 11.3 Å². The van der Waals surface area contributed by atoms with Crippen LogP contribution in [0.1, 0.15) is 17.4 Å². The van der Waals surface area contributed by atoms with Crippen molar-refractivity contribution in [3.8, 4) is 0 Å². The van der Waals surface area contributed by atoms with Gasteiger partial charge in [0.15, 0.2) is 0 Å². The Bertz CT molecular complexity index is 472. The summed E-state index contributed by atoms with van der Waals surface area (Å²) in [5.41, 5.74) is 1.23. The fraction of sp³-hybridized carbons (Fsp3) is 0.538. The Balaban J connectivity index is 1.92. The SMILES string of the molecule is CCN(CC(=O)O)CC(=O)N1CCc2sccc2C1. The van der Waals surface area contributed by atoms with Crippen LogP contribution in [0.3, 0.4) is 0 Å². The van der Waals surface area contributed by atoms with Gasteiger partial charge in [-0.1, -0.05) is 6.92 Å². The van der Waals surface area contributed by atoms with Gasteiger partial charge in [-0.05, 0) is 30.0 Å². The van der Waals surface area contributed by atoms with Crippen LogP contribution in [0.4, 0.5) is 0 Å². The second-order valence-electron chi connectivity index (χ2n) is 4.63. The molecular formula is C13H18N2O3S. The minimum atomic E-state index is -0.895. The molecule has 5 nitrogen and oxygen atoms in total. The summed E-state index contributed by atoms with van der Waals surface area (Å²) in [5.74, 6) is -0.881. The van der Waals surface area contributed by atoms with E-state index in [0.717, 1.165) is 13.0 Å². The molecule has 0 unspecified atom stereocenters. The number of thiophene rings is 1. The maximum atomic E-state index is 12.2. The monoisotopic (exact) mass is 282 g/mol. The first kappa shape index (κ1) is 14.0. The molecule has 1 aliphatic rings. The molecule has 0 saturated heterocycles. The number of hydrogen-bond donors (Lipinski definition) is 1. The summed E-state index contributed by atoms with van der Waals surface area (Å²) in [6.45, 7) is 3.92.